The molecule has 0 bridgehead atoms. The number of H-pyrrole nitrogens is 1. The lowest BCUT2D eigenvalue weighted by molar-refractivity contribution is 0.271. The van der Waals surface area contributed by atoms with Crippen molar-refractivity contribution in [2.24, 2.45) is 0 Å². The molecular formula is C23H18F3N3O4. The molecule has 2 N–H and O–H groups in total. The van der Waals surface area contributed by atoms with Crippen LogP contribution in [0.25, 0.3) is 11.3 Å². The highest BCUT2D eigenvalue weighted by atomic mass is 19.1. The maximum atomic E-state index is 15.0. The Hall–Kier alpha value is -4.08. The van der Waals surface area contributed by atoms with Gasteiger partial charge in [0.25, 0.3) is 0 Å². The Kier molecular flexibility index (Phi) is 5.91. The Bertz CT molecular complexity index is 1400. The average molecular weight is 457 g/mol. The number of aromatic nitrogens is 3. The predicted molar refractivity (Wildman–Crippen MR) is 111 cm³/mol. The number of halogens is 3. The van der Waals surface area contributed by atoms with Crippen LogP contribution in [0.4, 0.5) is 13.2 Å². The summed E-state index contributed by atoms with van der Waals surface area (Å²) in [5.74, 6) is -2.96. The van der Waals surface area contributed by atoms with E-state index in [2.05, 4.69) is 19.6 Å². The van der Waals surface area contributed by atoms with E-state index in [0.717, 1.165) is 18.2 Å². The molecule has 0 fully saturated rings. The molecule has 170 valence electrons. The molecule has 4 rings (SSSR count). The van der Waals surface area contributed by atoms with Crippen molar-refractivity contribution in [2.45, 2.75) is 26.9 Å². The van der Waals surface area contributed by atoms with Gasteiger partial charge in [-0.25, -0.2) is 22.9 Å². The summed E-state index contributed by atoms with van der Waals surface area (Å²) in [7, 11) is 0. The van der Waals surface area contributed by atoms with Gasteiger partial charge in [-0.3, -0.25) is 9.51 Å². The van der Waals surface area contributed by atoms with Gasteiger partial charge in [0.05, 0.1) is 0 Å². The fourth-order valence-electron chi connectivity index (χ4n) is 3.45. The quantitative estimate of drug-likeness (QED) is 0.447. The van der Waals surface area contributed by atoms with Crippen molar-refractivity contribution in [1.29, 1.82) is 0 Å². The number of nitrogens with zero attached hydrogens (tertiary/aromatic N) is 2. The number of ether oxygens (including phenoxy) is 1. The molecule has 0 spiro atoms. The molecule has 0 atom stereocenters. The third-order valence-electron chi connectivity index (χ3n) is 5.14. The minimum atomic E-state index is -0.740. The lowest BCUT2D eigenvalue weighted by Crippen LogP contribution is -2.06. The molecular weight excluding hydrogens is 439 g/mol. The fourth-order valence-corrected chi connectivity index (χ4v) is 3.45. The van der Waals surface area contributed by atoms with Crippen LogP contribution in [0, 0.1) is 31.3 Å². The first-order valence-corrected chi connectivity index (χ1v) is 9.83. The van der Waals surface area contributed by atoms with Gasteiger partial charge < -0.3 is 9.84 Å². The second-order valence-electron chi connectivity index (χ2n) is 7.41. The number of aromatic amines is 1. The Morgan fingerprint density at radius 2 is 1.91 bits per heavy atom. The maximum Gasteiger partial charge on any atom is 0.439 e. The summed E-state index contributed by atoms with van der Waals surface area (Å²) < 4.78 is 52.6. The predicted octanol–water partition coefficient (Wildman–Crippen LogP) is 4.33. The molecule has 2 heterocycles. The molecule has 7 nitrogen and oxygen atoms in total. The third-order valence-corrected chi connectivity index (χ3v) is 5.14. The van der Waals surface area contributed by atoms with Gasteiger partial charge in [0, 0.05) is 17.7 Å². The minimum absolute atomic E-state index is 0.0289. The standard InChI is InChI=1S/C23H18F3N3O4/c1-11-7-19(32-10-20-28-23(31)33-29-20)21(26)12(2)15(11)9-14-4-6-18(30)22(27-14)16-8-13(24)3-5-17(16)25/h3-8,30H,9-10H2,1-2H3,(H,28,29,31). The van der Waals surface area contributed by atoms with Crippen LogP contribution in [-0.4, -0.2) is 20.2 Å². The first kappa shape index (κ1) is 22.1. The monoisotopic (exact) mass is 457 g/mol. The van der Waals surface area contributed by atoms with Crippen molar-refractivity contribution < 1.29 is 27.5 Å². The van der Waals surface area contributed by atoms with Gasteiger partial charge in [0.1, 0.15) is 29.7 Å². The fraction of sp³-hybridized carbons (Fsp3) is 0.174. The van der Waals surface area contributed by atoms with Crippen molar-refractivity contribution in [3.8, 4) is 22.8 Å². The molecule has 10 heteroatoms. The lowest BCUT2D eigenvalue weighted by Gasteiger charge is -2.15. The third kappa shape index (κ3) is 4.59. The largest absolute Gasteiger partial charge is 0.506 e. The van der Waals surface area contributed by atoms with Gasteiger partial charge >= 0.3 is 5.76 Å². The molecule has 0 saturated carbocycles. The van der Waals surface area contributed by atoms with Gasteiger partial charge in [0.2, 0.25) is 0 Å². The zero-order chi connectivity index (χ0) is 23.7. The van der Waals surface area contributed by atoms with Gasteiger partial charge in [0.15, 0.2) is 17.4 Å². The van der Waals surface area contributed by atoms with Crippen molar-refractivity contribution >= 4 is 0 Å². The second-order valence-corrected chi connectivity index (χ2v) is 7.41. The first-order valence-electron chi connectivity index (χ1n) is 9.83. The van der Waals surface area contributed by atoms with Crippen LogP contribution >= 0.6 is 0 Å². The van der Waals surface area contributed by atoms with Gasteiger partial charge in [-0.2, -0.15) is 0 Å². The highest BCUT2D eigenvalue weighted by Crippen LogP contribution is 2.32. The van der Waals surface area contributed by atoms with E-state index in [1.54, 1.807) is 13.8 Å². The molecule has 2 aromatic heterocycles. The number of hydrogen-bond acceptors (Lipinski definition) is 6. The number of aryl methyl sites for hydroxylation is 1. The van der Waals surface area contributed by atoms with Crippen LogP contribution in [0.1, 0.15) is 28.2 Å². The van der Waals surface area contributed by atoms with E-state index in [0.29, 0.717) is 22.4 Å². The Labute approximate surface area is 185 Å². The summed E-state index contributed by atoms with van der Waals surface area (Å²) in [6.07, 6.45) is 0.176. The molecule has 4 aromatic rings. The number of benzene rings is 2. The summed E-state index contributed by atoms with van der Waals surface area (Å²) in [4.78, 5) is 17.6. The van der Waals surface area contributed by atoms with E-state index in [1.807, 2.05) is 0 Å². The summed E-state index contributed by atoms with van der Waals surface area (Å²) in [5.41, 5.74) is 1.77. The zero-order valence-corrected chi connectivity index (χ0v) is 17.6. The van der Waals surface area contributed by atoms with E-state index < -0.39 is 23.2 Å². The minimum Gasteiger partial charge on any atom is -0.506 e. The molecule has 0 radical (unpaired) electrons. The number of nitrogens with one attached hydrogen (secondary N) is 1. The summed E-state index contributed by atoms with van der Waals surface area (Å²) in [6.45, 7) is 3.15. The smallest absolute Gasteiger partial charge is 0.439 e. The van der Waals surface area contributed by atoms with E-state index in [9.17, 15) is 23.1 Å². The molecule has 0 aliphatic rings. The van der Waals surface area contributed by atoms with E-state index in [-0.39, 0.29) is 41.6 Å². The number of hydrogen-bond donors (Lipinski definition) is 2. The van der Waals surface area contributed by atoms with Crippen LogP contribution in [-0.2, 0) is 13.0 Å². The molecule has 0 amide bonds. The molecule has 0 aliphatic heterocycles. The normalized spacial score (nSPS) is 11.1. The lowest BCUT2D eigenvalue weighted by atomic mass is 9.97. The topological polar surface area (TPSA) is 101 Å². The van der Waals surface area contributed by atoms with Gasteiger partial charge in [-0.1, -0.05) is 5.16 Å². The molecule has 0 unspecified atom stereocenters. The average Bonchev–Trinajstić information content (AvgIpc) is 3.20. The zero-order valence-electron chi connectivity index (χ0n) is 17.6. The first-order chi connectivity index (χ1) is 15.7. The van der Waals surface area contributed by atoms with Crippen LogP contribution in [0.3, 0.4) is 0 Å². The highest BCUT2D eigenvalue weighted by Gasteiger charge is 2.18. The van der Waals surface area contributed by atoms with Crippen LogP contribution in [0.2, 0.25) is 0 Å². The van der Waals surface area contributed by atoms with Gasteiger partial charge in [-0.05, 0) is 66.9 Å². The van der Waals surface area contributed by atoms with Crippen molar-refractivity contribution in [1.82, 2.24) is 15.1 Å². The van der Waals surface area contributed by atoms with Gasteiger partial charge in [-0.15, -0.1) is 0 Å². The van der Waals surface area contributed by atoms with Crippen LogP contribution < -0.4 is 10.5 Å². The van der Waals surface area contributed by atoms with Crippen molar-refractivity contribution in [3.05, 3.63) is 92.6 Å². The van der Waals surface area contributed by atoms with E-state index in [4.69, 9.17) is 4.74 Å². The van der Waals surface area contributed by atoms with Crippen LogP contribution in [0.5, 0.6) is 11.5 Å². The summed E-state index contributed by atoms with van der Waals surface area (Å²) in [5, 5.41) is 13.6. The Morgan fingerprint density at radius 1 is 1.12 bits per heavy atom. The van der Waals surface area contributed by atoms with Crippen molar-refractivity contribution in [3.63, 3.8) is 0 Å². The highest BCUT2D eigenvalue weighted by molar-refractivity contribution is 5.66. The maximum absolute atomic E-state index is 15.0. The second kappa shape index (κ2) is 8.81. The molecule has 2 aromatic carbocycles. The van der Waals surface area contributed by atoms with Crippen molar-refractivity contribution in [2.75, 3.05) is 0 Å². The number of rotatable bonds is 6. The summed E-state index contributed by atoms with van der Waals surface area (Å²) in [6, 6.07) is 7.24. The number of pyridine rings is 1. The Balaban J connectivity index is 1.63. The number of aromatic hydroxyl groups is 1. The molecule has 0 saturated heterocycles. The van der Waals surface area contributed by atoms with Crippen LogP contribution in [0.15, 0.2) is 45.7 Å². The Morgan fingerprint density at radius 3 is 2.64 bits per heavy atom. The molecule has 33 heavy (non-hydrogen) atoms. The van der Waals surface area contributed by atoms with E-state index in [1.165, 1.54) is 18.2 Å². The SMILES string of the molecule is Cc1cc(OCc2noc(=O)[nH]2)c(F)c(C)c1Cc1ccc(O)c(-c2cc(F)ccc2F)n1. The van der Waals surface area contributed by atoms with E-state index >= 15 is 0 Å². The molecule has 0 aliphatic carbocycles. The summed E-state index contributed by atoms with van der Waals surface area (Å²) >= 11 is 0.